The number of nitrogens with zero attached hydrogens (tertiary/aromatic N) is 2. The Hall–Kier alpha value is -4.04. The first-order valence-electron chi connectivity index (χ1n) is 11.7. The van der Waals surface area contributed by atoms with Crippen LogP contribution in [0.15, 0.2) is 69.9 Å². The zero-order valence-corrected chi connectivity index (χ0v) is 20.2. The fourth-order valence-corrected chi connectivity index (χ4v) is 4.68. The maximum atomic E-state index is 14.2. The number of ether oxygens (including phenoxy) is 2. The van der Waals surface area contributed by atoms with Gasteiger partial charge in [-0.25, -0.2) is 9.18 Å². The van der Waals surface area contributed by atoms with E-state index in [0.717, 1.165) is 0 Å². The smallest absolute Gasteiger partial charge is 0.344 e. The topological polar surface area (TPSA) is 75.4 Å². The van der Waals surface area contributed by atoms with Crippen LogP contribution in [0.1, 0.15) is 5.56 Å². The number of para-hydroxylation sites is 1. The van der Waals surface area contributed by atoms with Crippen molar-refractivity contribution in [2.45, 2.75) is 6.54 Å². The molecule has 1 N–H and O–H groups in total. The lowest BCUT2D eigenvalue weighted by Gasteiger charge is -2.36. The fraction of sp³-hybridized carbons (Fsp3) is 0.250. The summed E-state index contributed by atoms with van der Waals surface area (Å²) >= 11 is 0. The second-order valence-electron chi connectivity index (χ2n) is 8.71. The molecule has 0 spiro atoms. The van der Waals surface area contributed by atoms with Gasteiger partial charge < -0.3 is 23.9 Å². The van der Waals surface area contributed by atoms with Crippen molar-refractivity contribution in [1.82, 2.24) is 4.90 Å². The molecule has 1 aliphatic heterocycles. The molecule has 5 rings (SSSR count). The van der Waals surface area contributed by atoms with Gasteiger partial charge in [-0.3, -0.25) is 4.90 Å². The van der Waals surface area contributed by atoms with Crippen LogP contribution in [0.5, 0.6) is 17.2 Å². The predicted octanol–water partition coefficient (Wildman–Crippen LogP) is 4.64. The van der Waals surface area contributed by atoms with Gasteiger partial charge in [-0.15, -0.1) is 0 Å². The Morgan fingerprint density at radius 3 is 2.44 bits per heavy atom. The molecule has 36 heavy (non-hydrogen) atoms. The first-order valence-corrected chi connectivity index (χ1v) is 11.7. The molecule has 3 aromatic carbocycles. The molecule has 1 aromatic heterocycles. The highest BCUT2D eigenvalue weighted by Crippen LogP contribution is 2.35. The van der Waals surface area contributed by atoms with Gasteiger partial charge in [-0.05, 0) is 48.5 Å². The first-order chi connectivity index (χ1) is 17.5. The minimum absolute atomic E-state index is 0.0638. The summed E-state index contributed by atoms with van der Waals surface area (Å²) < 4.78 is 30.7. The number of anilines is 1. The number of benzene rings is 3. The molecule has 0 unspecified atom stereocenters. The van der Waals surface area contributed by atoms with Gasteiger partial charge in [0, 0.05) is 43.7 Å². The molecule has 186 valence electrons. The summed E-state index contributed by atoms with van der Waals surface area (Å²) in [7, 11) is 3.09. The quantitative estimate of drug-likeness (QED) is 0.395. The van der Waals surface area contributed by atoms with Crippen molar-refractivity contribution in [2.75, 3.05) is 45.3 Å². The summed E-state index contributed by atoms with van der Waals surface area (Å²) in [6, 6.07) is 17.1. The highest BCUT2D eigenvalue weighted by Gasteiger charge is 2.23. The summed E-state index contributed by atoms with van der Waals surface area (Å²) in [5.41, 5.74) is 1.86. The molecule has 0 amide bonds. The minimum atomic E-state index is -0.537. The second kappa shape index (κ2) is 9.91. The van der Waals surface area contributed by atoms with E-state index >= 15 is 0 Å². The van der Waals surface area contributed by atoms with E-state index in [1.54, 1.807) is 55.6 Å². The summed E-state index contributed by atoms with van der Waals surface area (Å²) in [4.78, 5) is 17.3. The van der Waals surface area contributed by atoms with Gasteiger partial charge in [0.2, 0.25) is 0 Å². The molecule has 8 heteroatoms. The van der Waals surface area contributed by atoms with Gasteiger partial charge in [-0.1, -0.05) is 12.1 Å². The summed E-state index contributed by atoms with van der Waals surface area (Å²) in [5, 5.41) is 11.3. The number of phenols is 1. The van der Waals surface area contributed by atoms with Crippen LogP contribution >= 0.6 is 0 Å². The lowest BCUT2D eigenvalue weighted by molar-refractivity contribution is 0.246. The van der Waals surface area contributed by atoms with Gasteiger partial charge >= 0.3 is 5.63 Å². The van der Waals surface area contributed by atoms with Crippen molar-refractivity contribution in [3.63, 3.8) is 0 Å². The van der Waals surface area contributed by atoms with E-state index in [9.17, 15) is 14.3 Å². The van der Waals surface area contributed by atoms with Crippen molar-refractivity contribution < 1.29 is 23.4 Å². The molecular weight excluding hydrogens is 463 g/mol. The number of hydrogen-bond donors (Lipinski definition) is 1. The van der Waals surface area contributed by atoms with E-state index in [0.29, 0.717) is 77.6 Å². The SMILES string of the molecule is COc1ccc(OC)c(-c2cc3ccc(O)c(CN4CCN(c5ccccc5F)CC4)c3oc2=O)c1. The van der Waals surface area contributed by atoms with E-state index in [2.05, 4.69) is 4.90 Å². The maximum absolute atomic E-state index is 14.2. The lowest BCUT2D eigenvalue weighted by Crippen LogP contribution is -2.46. The zero-order chi connectivity index (χ0) is 25.2. The first kappa shape index (κ1) is 23.7. The number of methoxy groups -OCH3 is 2. The third-order valence-corrected chi connectivity index (χ3v) is 6.62. The molecule has 4 aromatic rings. The van der Waals surface area contributed by atoms with Crippen LogP contribution in [0, 0.1) is 5.82 Å². The largest absolute Gasteiger partial charge is 0.507 e. The summed E-state index contributed by atoms with van der Waals surface area (Å²) in [6.07, 6.45) is 0. The average Bonchev–Trinajstić information content (AvgIpc) is 2.90. The molecule has 7 nitrogen and oxygen atoms in total. The van der Waals surface area contributed by atoms with Crippen LogP contribution in [0.4, 0.5) is 10.1 Å². The number of hydrogen-bond acceptors (Lipinski definition) is 7. The maximum Gasteiger partial charge on any atom is 0.344 e. The number of halogens is 1. The molecule has 1 fully saturated rings. The van der Waals surface area contributed by atoms with Gasteiger partial charge in [0.1, 0.15) is 28.6 Å². The molecule has 0 saturated carbocycles. The van der Waals surface area contributed by atoms with Gasteiger partial charge in [0.15, 0.2) is 0 Å². The van der Waals surface area contributed by atoms with E-state index in [1.165, 1.54) is 13.2 Å². The third-order valence-electron chi connectivity index (χ3n) is 6.62. The number of phenolic OH excluding ortho intramolecular Hbond substituents is 1. The fourth-order valence-electron chi connectivity index (χ4n) is 4.68. The molecule has 1 aliphatic rings. The van der Waals surface area contributed by atoms with Crippen molar-refractivity contribution in [3.05, 3.63) is 82.5 Å². The number of piperazine rings is 1. The monoisotopic (exact) mass is 490 g/mol. The Labute approximate surface area is 207 Å². The summed E-state index contributed by atoms with van der Waals surface area (Å²) in [6.45, 7) is 3.05. The van der Waals surface area contributed by atoms with Crippen LogP contribution in [0.2, 0.25) is 0 Å². The Kier molecular flexibility index (Phi) is 6.52. The second-order valence-corrected chi connectivity index (χ2v) is 8.71. The van der Waals surface area contributed by atoms with Crippen LogP contribution < -0.4 is 20.0 Å². The molecule has 0 radical (unpaired) electrons. The lowest BCUT2D eigenvalue weighted by atomic mass is 10.0. The standard InChI is InChI=1S/C28H27FN2O5/c1-34-19-8-10-26(35-2)20(16-19)21-15-18-7-9-25(32)22(27(18)36-28(21)33)17-30-11-13-31(14-12-30)24-6-4-3-5-23(24)29/h3-10,15-16,32H,11-14,17H2,1-2H3. The Morgan fingerprint density at radius 1 is 0.944 bits per heavy atom. The van der Waals surface area contributed by atoms with Crippen LogP contribution in [0.3, 0.4) is 0 Å². The Bertz CT molecular complexity index is 1460. The van der Waals surface area contributed by atoms with Crippen molar-refractivity contribution >= 4 is 16.7 Å². The number of aromatic hydroxyl groups is 1. The summed E-state index contributed by atoms with van der Waals surface area (Å²) in [5.74, 6) is 0.942. The van der Waals surface area contributed by atoms with Crippen molar-refractivity contribution in [1.29, 1.82) is 0 Å². The van der Waals surface area contributed by atoms with Gasteiger partial charge in [-0.2, -0.15) is 0 Å². The van der Waals surface area contributed by atoms with Gasteiger partial charge in [0.05, 0.1) is 31.0 Å². The average molecular weight is 491 g/mol. The minimum Gasteiger partial charge on any atom is -0.507 e. The van der Waals surface area contributed by atoms with E-state index < -0.39 is 5.63 Å². The van der Waals surface area contributed by atoms with E-state index in [4.69, 9.17) is 13.9 Å². The Balaban J connectivity index is 1.44. The highest BCUT2D eigenvalue weighted by atomic mass is 19.1. The van der Waals surface area contributed by atoms with Gasteiger partial charge in [0.25, 0.3) is 0 Å². The molecule has 2 heterocycles. The molecular formula is C28H27FN2O5. The zero-order valence-electron chi connectivity index (χ0n) is 20.2. The predicted molar refractivity (Wildman–Crippen MR) is 137 cm³/mol. The molecule has 0 atom stereocenters. The van der Waals surface area contributed by atoms with Crippen LogP contribution in [0.25, 0.3) is 22.1 Å². The van der Waals surface area contributed by atoms with Crippen molar-refractivity contribution in [3.8, 4) is 28.4 Å². The highest BCUT2D eigenvalue weighted by molar-refractivity contribution is 5.87. The van der Waals surface area contributed by atoms with Crippen LogP contribution in [-0.4, -0.2) is 50.4 Å². The van der Waals surface area contributed by atoms with Crippen molar-refractivity contribution in [2.24, 2.45) is 0 Å². The van der Waals surface area contributed by atoms with Crippen LogP contribution in [-0.2, 0) is 6.54 Å². The van der Waals surface area contributed by atoms with E-state index in [1.807, 2.05) is 11.0 Å². The normalized spacial score (nSPS) is 14.2. The molecule has 1 saturated heterocycles. The molecule has 0 aliphatic carbocycles. The Morgan fingerprint density at radius 2 is 1.72 bits per heavy atom. The molecule has 0 bridgehead atoms. The van der Waals surface area contributed by atoms with E-state index in [-0.39, 0.29) is 11.6 Å². The third kappa shape index (κ3) is 4.47. The number of rotatable bonds is 6. The number of fused-ring (bicyclic) bond motifs is 1.